The van der Waals surface area contributed by atoms with E-state index >= 15 is 0 Å². The highest BCUT2D eigenvalue weighted by atomic mass is 16.5. The number of amides is 3. The van der Waals surface area contributed by atoms with E-state index in [9.17, 15) is 19.2 Å². The number of fused-ring (bicyclic) bond motifs is 1. The first-order valence-corrected chi connectivity index (χ1v) is 9.69. The maximum atomic E-state index is 12.3. The van der Waals surface area contributed by atoms with Crippen LogP contribution in [-0.4, -0.2) is 53.7 Å². The van der Waals surface area contributed by atoms with Crippen molar-refractivity contribution < 1.29 is 23.9 Å². The van der Waals surface area contributed by atoms with Crippen LogP contribution in [0.3, 0.4) is 0 Å². The fourth-order valence-electron chi connectivity index (χ4n) is 3.34. The van der Waals surface area contributed by atoms with Crippen molar-refractivity contribution >= 4 is 23.7 Å². The molecule has 1 heterocycles. The Morgan fingerprint density at radius 3 is 2.23 bits per heavy atom. The number of carbonyl (C=O) groups is 4. The van der Waals surface area contributed by atoms with E-state index in [2.05, 4.69) is 0 Å². The van der Waals surface area contributed by atoms with Crippen molar-refractivity contribution in [3.05, 3.63) is 70.3 Å². The lowest BCUT2D eigenvalue weighted by atomic mass is 10.1. The fourth-order valence-corrected chi connectivity index (χ4v) is 3.34. The van der Waals surface area contributed by atoms with Gasteiger partial charge in [-0.15, -0.1) is 0 Å². The van der Waals surface area contributed by atoms with Crippen LogP contribution in [0.15, 0.2) is 42.5 Å². The zero-order chi connectivity index (χ0) is 21.8. The lowest BCUT2D eigenvalue weighted by molar-refractivity contribution is -0.151. The summed E-state index contributed by atoms with van der Waals surface area (Å²) >= 11 is 0. The molecule has 3 amide bonds. The Morgan fingerprint density at radius 1 is 1.00 bits per heavy atom. The monoisotopic (exact) mass is 408 g/mol. The molecule has 0 N–H and O–H groups in total. The topological polar surface area (TPSA) is 84.0 Å². The van der Waals surface area contributed by atoms with Gasteiger partial charge in [0.25, 0.3) is 17.7 Å². The third-order valence-corrected chi connectivity index (χ3v) is 5.11. The molecule has 156 valence electrons. The predicted octanol–water partition coefficient (Wildman–Crippen LogP) is 2.49. The van der Waals surface area contributed by atoms with Gasteiger partial charge in [-0.1, -0.05) is 35.9 Å². The van der Waals surface area contributed by atoms with Crippen LogP contribution in [0.25, 0.3) is 0 Å². The van der Waals surface area contributed by atoms with Crippen LogP contribution >= 0.6 is 0 Å². The highest BCUT2D eigenvalue weighted by Crippen LogP contribution is 2.22. The van der Waals surface area contributed by atoms with Gasteiger partial charge in [0.2, 0.25) is 0 Å². The lowest BCUT2D eigenvalue weighted by Crippen LogP contribution is -2.33. The Hall–Kier alpha value is -3.48. The average Bonchev–Trinajstić information content (AvgIpc) is 2.97. The largest absolute Gasteiger partial charge is 0.456 e. The zero-order valence-electron chi connectivity index (χ0n) is 17.3. The Kier molecular flexibility index (Phi) is 6.30. The van der Waals surface area contributed by atoms with Crippen molar-refractivity contribution in [3.8, 4) is 0 Å². The summed E-state index contributed by atoms with van der Waals surface area (Å²) in [5.74, 6) is -1.82. The molecule has 0 fully saturated rings. The predicted molar refractivity (Wildman–Crippen MR) is 110 cm³/mol. The van der Waals surface area contributed by atoms with Gasteiger partial charge in [0, 0.05) is 20.1 Å². The first-order valence-electron chi connectivity index (χ1n) is 9.69. The fraction of sp³-hybridized carbons (Fsp3) is 0.304. The minimum Gasteiger partial charge on any atom is -0.456 e. The molecule has 0 radical (unpaired) electrons. The van der Waals surface area contributed by atoms with E-state index in [0.29, 0.717) is 17.7 Å². The Morgan fingerprint density at radius 2 is 1.63 bits per heavy atom. The summed E-state index contributed by atoms with van der Waals surface area (Å²) in [5.41, 5.74) is 3.93. The number of likely N-dealkylation sites (N-methyl/N-ethyl adjacent to an activating group) is 1. The molecule has 0 bridgehead atoms. The molecule has 3 rings (SSSR count). The van der Waals surface area contributed by atoms with Crippen molar-refractivity contribution in [2.45, 2.75) is 26.8 Å². The molecule has 7 nitrogen and oxygen atoms in total. The number of carbonyl (C=O) groups excluding carboxylic acids is 4. The van der Waals surface area contributed by atoms with Gasteiger partial charge in [0.1, 0.15) is 0 Å². The molecule has 0 atom stereocenters. The molecule has 30 heavy (non-hydrogen) atoms. The molecule has 2 aromatic carbocycles. The van der Waals surface area contributed by atoms with Gasteiger partial charge in [0.05, 0.1) is 17.5 Å². The highest BCUT2D eigenvalue weighted by molar-refractivity contribution is 6.21. The van der Waals surface area contributed by atoms with Crippen LogP contribution in [0, 0.1) is 13.8 Å². The molecule has 0 unspecified atom stereocenters. The van der Waals surface area contributed by atoms with Gasteiger partial charge in [-0.25, -0.2) is 0 Å². The molecule has 0 aromatic heterocycles. The van der Waals surface area contributed by atoms with E-state index in [1.54, 1.807) is 31.3 Å². The standard InChI is InChI=1S/C23H24N2O5/c1-15-8-9-17(16(2)12-15)13-24(3)20(26)14-30-21(27)10-11-25-22(28)18-6-4-5-7-19(18)23(25)29/h4-9,12H,10-11,13-14H2,1-3H3. The van der Waals surface area contributed by atoms with Crippen molar-refractivity contribution in [1.82, 2.24) is 9.80 Å². The number of imide groups is 1. The molecule has 7 heteroatoms. The summed E-state index contributed by atoms with van der Waals surface area (Å²) < 4.78 is 5.04. The van der Waals surface area contributed by atoms with Gasteiger partial charge in [0.15, 0.2) is 6.61 Å². The van der Waals surface area contributed by atoms with Crippen molar-refractivity contribution in [2.24, 2.45) is 0 Å². The molecule has 0 aliphatic carbocycles. The summed E-state index contributed by atoms with van der Waals surface area (Å²) in [4.78, 5) is 51.4. The van der Waals surface area contributed by atoms with E-state index in [1.165, 1.54) is 4.90 Å². The third kappa shape index (κ3) is 4.56. The summed E-state index contributed by atoms with van der Waals surface area (Å²) in [7, 11) is 1.65. The maximum absolute atomic E-state index is 12.3. The quantitative estimate of drug-likeness (QED) is 0.519. The normalized spacial score (nSPS) is 12.7. The van der Waals surface area contributed by atoms with Gasteiger partial charge in [-0.3, -0.25) is 24.1 Å². The average molecular weight is 408 g/mol. The molecule has 1 aliphatic heterocycles. The number of aryl methyl sites for hydroxylation is 2. The second-order valence-corrected chi connectivity index (χ2v) is 7.40. The summed E-state index contributed by atoms with van der Waals surface area (Å²) in [6, 6.07) is 12.5. The Balaban J connectivity index is 1.46. The van der Waals surface area contributed by atoms with E-state index in [4.69, 9.17) is 4.74 Å². The number of hydrogen-bond donors (Lipinski definition) is 0. The molecular weight excluding hydrogens is 384 g/mol. The van der Waals surface area contributed by atoms with E-state index < -0.39 is 17.8 Å². The molecule has 0 saturated heterocycles. The van der Waals surface area contributed by atoms with Crippen LogP contribution in [0.4, 0.5) is 0 Å². The Bertz CT molecular complexity index is 979. The number of ether oxygens (including phenoxy) is 1. The van der Waals surface area contributed by atoms with Gasteiger partial charge in [-0.05, 0) is 37.1 Å². The van der Waals surface area contributed by atoms with E-state index in [-0.39, 0.29) is 25.5 Å². The van der Waals surface area contributed by atoms with Crippen LogP contribution in [0.1, 0.15) is 43.8 Å². The highest BCUT2D eigenvalue weighted by Gasteiger charge is 2.35. The third-order valence-electron chi connectivity index (χ3n) is 5.11. The van der Waals surface area contributed by atoms with Crippen molar-refractivity contribution in [2.75, 3.05) is 20.2 Å². The number of hydrogen-bond acceptors (Lipinski definition) is 5. The SMILES string of the molecule is Cc1ccc(CN(C)C(=O)COC(=O)CCN2C(=O)c3ccccc3C2=O)c(C)c1. The number of nitrogens with zero attached hydrogens (tertiary/aromatic N) is 2. The van der Waals surface area contributed by atoms with Crippen molar-refractivity contribution in [1.29, 1.82) is 0 Å². The molecular formula is C23H24N2O5. The maximum Gasteiger partial charge on any atom is 0.308 e. The van der Waals surface area contributed by atoms with Gasteiger partial charge >= 0.3 is 5.97 Å². The van der Waals surface area contributed by atoms with Crippen LogP contribution < -0.4 is 0 Å². The van der Waals surface area contributed by atoms with Gasteiger partial charge < -0.3 is 9.64 Å². The minimum atomic E-state index is -0.639. The lowest BCUT2D eigenvalue weighted by Gasteiger charge is -2.19. The Labute approximate surface area is 175 Å². The van der Waals surface area contributed by atoms with Gasteiger partial charge in [-0.2, -0.15) is 0 Å². The van der Waals surface area contributed by atoms with E-state index in [0.717, 1.165) is 21.6 Å². The molecule has 0 saturated carbocycles. The molecule has 2 aromatic rings. The van der Waals surface area contributed by atoms with E-state index in [1.807, 2.05) is 32.0 Å². The minimum absolute atomic E-state index is 0.0855. The zero-order valence-corrected chi connectivity index (χ0v) is 17.3. The van der Waals surface area contributed by atoms with Crippen LogP contribution in [0.2, 0.25) is 0 Å². The summed E-state index contributed by atoms with van der Waals surface area (Å²) in [6.45, 7) is 3.94. The molecule has 0 spiro atoms. The first kappa shape index (κ1) is 21.2. The second-order valence-electron chi connectivity index (χ2n) is 7.40. The first-order chi connectivity index (χ1) is 14.3. The van der Waals surface area contributed by atoms with Crippen molar-refractivity contribution in [3.63, 3.8) is 0 Å². The van der Waals surface area contributed by atoms with Crippen LogP contribution in [0.5, 0.6) is 0 Å². The smallest absolute Gasteiger partial charge is 0.308 e. The number of esters is 1. The summed E-state index contributed by atoms with van der Waals surface area (Å²) in [5, 5.41) is 0. The second kappa shape index (κ2) is 8.90. The summed E-state index contributed by atoms with van der Waals surface area (Å²) in [6.07, 6.45) is -0.167. The van der Waals surface area contributed by atoms with Crippen LogP contribution in [-0.2, 0) is 20.9 Å². The number of rotatable bonds is 7. The molecule has 1 aliphatic rings. The number of benzene rings is 2.